The molecular weight excluding hydrogens is 450 g/mol. The minimum Gasteiger partial charge on any atom is -0.346 e. The Morgan fingerprint density at radius 1 is 1.18 bits per heavy atom. The Morgan fingerprint density at radius 3 is 2.59 bits per heavy atom. The molecule has 0 radical (unpaired) electrons. The number of hydrogen-bond acceptors (Lipinski definition) is 6. The second-order valence-electron chi connectivity index (χ2n) is 8.79. The zero-order valence-corrected chi connectivity index (χ0v) is 20.3. The van der Waals surface area contributed by atoms with E-state index in [-0.39, 0.29) is 23.6 Å². The monoisotopic (exact) mass is 479 g/mol. The SMILES string of the molecule is Cc1cccc(CSc2nnc(C(C)NC(=O)C3CCCCC3)n2-c2ccc([N+](=O)[O-])cc2)c1. The average Bonchev–Trinajstić information content (AvgIpc) is 3.27. The van der Waals surface area contributed by atoms with Crippen LogP contribution in [0, 0.1) is 23.0 Å². The number of non-ortho nitro benzene ring substituents is 1. The van der Waals surface area contributed by atoms with Gasteiger partial charge in [0.05, 0.1) is 11.0 Å². The van der Waals surface area contributed by atoms with E-state index in [4.69, 9.17) is 0 Å². The smallest absolute Gasteiger partial charge is 0.269 e. The Bertz CT molecular complexity index is 1160. The number of thioether (sulfide) groups is 1. The molecule has 1 atom stereocenters. The summed E-state index contributed by atoms with van der Waals surface area (Å²) in [6.45, 7) is 3.96. The van der Waals surface area contributed by atoms with Crippen molar-refractivity contribution >= 4 is 23.4 Å². The van der Waals surface area contributed by atoms with E-state index in [1.165, 1.54) is 29.7 Å². The zero-order chi connectivity index (χ0) is 24.1. The molecule has 0 saturated heterocycles. The lowest BCUT2D eigenvalue weighted by Crippen LogP contribution is -2.34. The lowest BCUT2D eigenvalue weighted by atomic mass is 9.88. The number of amides is 1. The number of hydrogen-bond donors (Lipinski definition) is 1. The first-order chi connectivity index (χ1) is 16.4. The molecule has 1 amide bonds. The van der Waals surface area contributed by atoms with Gasteiger partial charge in [-0.1, -0.05) is 60.9 Å². The van der Waals surface area contributed by atoms with Gasteiger partial charge in [0.1, 0.15) is 0 Å². The molecule has 34 heavy (non-hydrogen) atoms. The van der Waals surface area contributed by atoms with E-state index >= 15 is 0 Å². The number of carbonyl (C=O) groups is 1. The van der Waals surface area contributed by atoms with E-state index in [1.54, 1.807) is 23.9 Å². The largest absolute Gasteiger partial charge is 0.346 e. The van der Waals surface area contributed by atoms with Gasteiger partial charge in [-0.15, -0.1) is 10.2 Å². The Hall–Kier alpha value is -3.20. The highest BCUT2D eigenvalue weighted by molar-refractivity contribution is 7.98. The number of aromatic nitrogens is 3. The lowest BCUT2D eigenvalue weighted by molar-refractivity contribution is -0.384. The van der Waals surface area contributed by atoms with Gasteiger partial charge >= 0.3 is 0 Å². The number of benzene rings is 2. The first kappa shape index (κ1) is 23.9. The lowest BCUT2D eigenvalue weighted by Gasteiger charge is -2.23. The van der Waals surface area contributed by atoms with Crippen molar-refractivity contribution in [2.75, 3.05) is 0 Å². The topological polar surface area (TPSA) is 103 Å². The maximum atomic E-state index is 12.8. The predicted molar refractivity (Wildman–Crippen MR) is 132 cm³/mol. The molecule has 0 spiro atoms. The molecule has 1 unspecified atom stereocenters. The fourth-order valence-corrected chi connectivity index (χ4v) is 5.23. The summed E-state index contributed by atoms with van der Waals surface area (Å²) in [6, 6.07) is 14.3. The molecule has 3 aromatic rings. The van der Waals surface area contributed by atoms with Crippen molar-refractivity contribution in [3.05, 3.63) is 75.6 Å². The van der Waals surface area contributed by atoms with Crippen LogP contribution < -0.4 is 5.32 Å². The van der Waals surface area contributed by atoms with Gasteiger partial charge in [0.15, 0.2) is 11.0 Å². The fourth-order valence-electron chi connectivity index (χ4n) is 4.33. The van der Waals surface area contributed by atoms with Crippen LogP contribution in [0.5, 0.6) is 0 Å². The van der Waals surface area contributed by atoms with E-state index < -0.39 is 4.92 Å². The molecule has 1 aromatic heterocycles. The molecular formula is C25H29N5O3S. The van der Waals surface area contributed by atoms with Crippen molar-refractivity contribution in [3.63, 3.8) is 0 Å². The first-order valence-electron chi connectivity index (χ1n) is 11.6. The van der Waals surface area contributed by atoms with Crippen molar-refractivity contribution in [1.29, 1.82) is 0 Å². The van der Waals surface area contributed by atoms with Gasteiger partial charge in [-0.05, 0) is 44.4 Å². The van der Waals surface area contributed by atoms with Crippen LogP contribution in [-0.4, -0.2) is 25.6 Å². The van der Waals surface area contributed by atoms with Crippen LogP contribution in [0.25, 0.3) is 5.69 Å². The molecule has 1 N–H and O–H groups in total. The molecule has 1 aliphatic carbocycles. The van der Waals surface area contributed by atoms with Crippen LogP contribution in [0.3, 0.4) is 0 Å². The Balaban J connectivity index is 1.61. The quantitative estimate of drug-likeness (QED) is 0.259. The molecule has 9 heteroatoms. The number of aryl methyl sites for hydroxylation is 1. The van der Waals surface area contributed by atoms with Crippen LogP contribution in [0.2, 0.25) is 0 Å². The third-order valence-electron chi connectivity index (χ3n) is 6.15. The summed E-state index contributed by atoms with van der Waals surface area (Å²) >= 11 is 1.54. The van der Waals surface area contributed by atoms with Crippen LogP contribution in [0.15, 0.2) is 53.7 Å². The molecule has 178 valence electrons. The van der Waals surface area contributed by atoms with Gasteiger partial charge in [-0.2, -0.15) is 0 Å². The fraction of sp³-hybridized carbons (Fsp3) is 0.400. The average molecular weight is 480 g/mol. The normalized spacial score (nSPS) is 15.1. The standard InChI is InChI=1S/C25H29N5O3S/c1-17-7-6-8-19(15-17)16-34-25-28-27-23(18(2)26-24(31)20-9-4-3-5-10-20)29(25)21-11-13-22(14-12-21)30(32)33/h6-8,11-15,18,20H,3-5,9-10,16H2,1-2H3,(H,26,31). The van der Waals surface area contributed by atoms with E-state index in [9.17, 15) is 14.9 Å². The van der Waals surface area contributed by atoms with Crippen molar-refractivity contribution in [1.82, 2.24) is 20.1 Å². The molecule has 0 aliphatic heterocycles. The second-order valence-corrected chi connectivity index (χ2v) is 9.74. The molecule has 0 bridgehead atoms. The van der Waals surface area contributed by atoms with Crippen molar-refractivity contribution < 1.29 is 9.72 Å². The summed E-state index contributed by atoms with van der Waals surface area (Å²) in [5.74, 6) is 1.40. The summed E-state index contributed by atoms with van der Waals surface area (Å²) in [7, 11) is 0. The van der Waals surface area contributed by atoms with Crippen molar-refractivity contribution in [2.45, 2.75) is 62.9 Å². The molecule has 8 nitrogen and oxygen atoms in total. The Labute approximate surface area is 203 Å². The summed E-state index contributed by atoms with van der Waals surface area (Å²) in [6.07, 6.45) is 5.21. The van der Waals surface area contributed by atoms with E-state index in [2.05, 4.69) is 40.6 Å². The van der Waals surface area contributed by atoms with Gasteiger partial charge in [0, 0.05) is 29.5 Å². The number of carbonyl (C=O) groups excluding carboxylic acids is 1. The van der Waals surface area contributed by atoms with Crippen LogP contribution in [0.4, 0.5) is 5.69 Å². The van der Waals surface area contributed by atoms with Gasteiger partial charge in [-0.25, -0.2) is 0 Å². The van der Waals surface area contributed by atoms with Gasteiger partial charge in [0.2, 0.25) is 5.91 Å². The number of nitro benzene ring substituents is 1. The summed E-state index contributed by atoms with van der Waals surface area (Å²) in [5.41, 5.74) is 3.10. The minimum absolute atomic E-state index is 0.0194. The highest BCUT2D eigenvalue weighted by Crippen LogP contribution is 2.30. The number of nitrogens with one attached hydrogen (secondary N) is 1. The van der Waals surface area contributed by atoms with E-state index in [1.807, 2.05) is 17.6 Å². The molecule has 1 saturated carbocycles. The summed E-state index contributed by atoms with van der Waals surface area (Å²) in [5, 5.41) is 23.8. The van der Waals surface area contributed by atoms with E-state index in [0.717, 1.165) is 31.4 Å². The minimum atomic E-state index is -0.419. The Morgan fingerprint density at radius 2 is 1.91 bits per heavy atom. The van der Waals surface area contributed by atoms with Crippen molar-refractivity contribution in [3.8, 4) is 5.69 Å². The highest BCUT2D eigenvalue weighted by Gasteiger charge is 2.26. The summed E-state index contributed by atoms with van der Waals surface area (Å²) in [4.78, 5) is 23.6. The predicted octanol–water partition coefficient (Wildman–Crippen LogP) is 5.53. The number of rotatable bonds is 8. The molecule has 1 heterocycles. The molecule has 2 aromatic carbocycles. The van der Waals surface area contributed by atoms with Gasteiger partial charge < -0.3 is 5.32 Å². The molecule has 1 fully saturated rings. The maximum absolute atomic E-state index is 12.8. The number of nitrogens with zero attached hydrogens (tertiary/aromatic N) is 4. The third-order valence-corrected chi connectivity index (χ3v) is 7.15. The van der Waals surface area contributed by atoms with E-state index in [0.29, 0.717) is 16.7 Å². The first-order valence-corrected chi connectivity index (χ1v) is 12.6. The molecule has 4 rings (SSSR count). The van der Waals surface area contributed by atoms with Crippen LogP contribution in [-0.2, 0) is 10.5 Å². The zero-order valence-electron chi connectivity index (χ0n) is 19.4. The van der Waals surface area contributed by atoms with Gasteiger partial charge in [0.25, 0.3) is 5.69 Å². The molecule has 1 aliphatic rings. The number of nitro groups is 1. The highest BCUT2D eigenvalue weighted by atomic mass is 32.2. The third kappa shape index (κ3) is 5.64. The van der Waals surface area contributed by atoms with Crippen molar-refractivity contribution in [2.24, 2.45) is 5.92 Å². The van der Waals surface area contributed by atoms with Gasteiger partial charge in [-0.3, -0.25) is 19.5 Å². The summed E-state index contributed by atoms with van der Waals surface area (Å²) < 4.78 is 1.88. The van der Waals surface area contributed by atoms with Crippen LogP contribution >= 0.6 is 11.8 Å². The maximum Gasteiger partial charge on any atom is 0.269 e. The second kappa shape index (κ2) is 10.8. The Kier molecular flexibility index (Phi) is 7.62. The van der Waals surface area contributed by atoms with Crippen LogP contribution in [0.1, 0.15) is 62.0 Å².